The summed E-state index contributed by atoms with van der Waals surface area (Å²) < 4.78 is 5.51. The molecular formula is C11H15N5O. The molecule has 0 aliphatic rings. The van der Waals surface area contributed by atoms with Gasteiger partial charge in [0.05, 0.1) is 5.56 Å². The highest BCUT2D eigenvalue weighted by molar-refractivity contribution is 5.48. The summed E-state index contributed by atoms with van der Waals surface area (Å²) in [6, 6.07) is 0. The van der Waals surface area contributed by atoms with E-state index in [2.05, 4.69) is 32.4 Å². The van der Waals surface area contributed by atoms with Crippen LogP contribution in [0, 0.1) is 0 Å². The first-order valence-corrected chi connectivity index (χ1v) is 5.68. The van der Waals surface area contributed by atoms with Crippen molar-refractivity contribution in [2.45, 2.75) is 19.8 Å². The zero-order valence-corrected chi connectivity index (χ0v) is 9.76. The molecule has 17 heavy (non-hydrogen) atoms. The summed E-state index contributed by atoms with van der Waals surface area (Å²) in [5, 5.41) is 11.2. The number of aromatic nitrogens is 4. The second-order valence-electron chi connectivity index (χ2n) is 3.63. The lowest BCUT2D eigenvalue weighted by molar-refractivity contribution is 0.494. The van der Waals surface area contributed by atoms with Gasteiger partial charge in [0.15, 0.2) is 0 Å². The Balaban J connectivity index is 1.92. The number of rotatable bonds is 6. The van der Waals surface area contributed by atoms with Crippen molar-refractivity contribution in [3.8, 4) is 11.5 Å². The van der Waals surface area contributed by atoms with E-state index in [-0.39, 0.29) is 0 Å². The first-order chi connectivity index (χ1) is 8.40. The fourth-order valence-corrected chi connectivity index (χ4v) is 1.38. The first kappa shape index (κ1) is 11.7. The molecule has 2 aromatic rings. The molecular weight excluding hydrogens is 218 g/mol. The Morgan fingerprint density at radius 2 is 2.00 bits per heavy atom. The second-order valence-corrected chi connectivity index (χ2v) is 3.63. The van der Waals surface area contributed by atoms with Gasteiger partial charge in [-0.3, -0.25) is 0 Å². The van der Waals surface area contributed by atoms with Crippen molar-refractivity contribution in [2.24, 2.45) is 0 Å². The molecule has 0 saturated heterocycles. The third-order valence-electron chi connectivity index (χ3n) is 2.22. The van der Waals surface area contributed by atoms with Gasteiger partial charge in [-0.15, -0.1) is 10.2 Å². The normalized spacial score (nSPS) is 10.6. The Hall–Kier alpha value is -1.82. The Kier molecular flexibility index (Phi) is 4.15. The zero-order chi connectivity index (χ0) is 11.9. The fraction of sp³-hybridized carbons (Fsp3) is 0.455. The third kappa shape index (κ3) is 3.32. The van der Waals surface area contributed by atoms with Gasteiger partial charge in [0.1, 0.15) is 6.33 Å². The highest BCUT2D eigenvalue weighted by atomic mass is 16.4. The Morgan fingerprint density at radius 1 is 1.18 bits per heavy atom. The van der Waals surface area contributed by atoms with Gasteiger partial charge in [0.2, 0.25) is 5.89 Å². The van der Waals surface area contributed by atoms with Crippen molar-refractivity contribution < 1.29 is 4.42 Å². The minimum atomic E-state index is 0.469. The largest absolute Gasteiger partial charge is 0.421 e. The lowest BCUT2D eigenvalue weighted by Gasteiger charge is -1.98. The first-order valence-electron chi connectivity index (χ1n) is 5.68. The summed E-state index contributed by atoms with van der Waals surface area (Å²) in [6.07, 6.45) is 6.63. The van der Waals surface area contributed by atoms with Crippen molar-refractivity contribution in [3.63, 3.8) is 0 Å². The van der Waals surface area contributed by atoms with Crippen molar-refractivity contribution in [1.29, 1.82) is 0 Å². The minimum Gasteiger partial charge on any atom is -0.421 e. The van der Waals surface area contributed by atoms with Gasteiger partial charge in [-0.1, -0.05) is 6.92 Å². The monoisotopic (exact) mass is 233 g/mol. The van der Waals surface area contributed by atoms with E-state index in [1.165, 1.54) is 6.33 Å². The van der Waals surface area contributed by atoms with Crippen molar-refractivity contribution in [2.75, 3.05) is 13.1 Å². The molecule has 2 aromatic heterocycles. The molecule has 0 fully saturated rings. The molecule has 0 amide bonds. The lowest BCUT2D eigenvalue weighted by Crippen LogP contribution is -2.17. The third-order valence-corrected chi connectivity index (χ3v) is 2.22. The van der Waals surface area contributed by atoms with E-state index < -0.39 is 0 Å². The molecule has 1 N–H and O–H groups in total. The van der Waals surface area contributed by atoms with Gasteiger partial charge in [-0.05, 0) is 13.0 Å². The van der Waals surface area contributed by atoms with Crippen LogP contribution in [0.3, 0.4) is 0 Å². The average molecular weight is 233 g/mol. The minimum absolute atomic E-state index is 0.469. The molecule has 0 aliphatic heterocycles. The Labute approximate surface area is 99.5 Å². The highest BCUT2D eigenvalue weighted by Gasteiger charge is 2.08. The molecule has 2 heterocycles. The smallest absolute Gasteiger partial charge is 0.250 e. The number of nitrogens with zero attached hydrogens (tertiary/aromatic N) is 4. The van der Waals surface area contributed by atoms with Crippen LogP contribution in [0.2, 0.25) is 0 Å². The van der Waals surface area contributed by atoms with E-state index >= 15 is 0 Å². The summed E-state index contributed by atoms with van der Waals surface area (Å²) in [6.45, 7) is 3.99. The lowest BCUT2D eigenvalue weighted by atomic mass is 10.3. The highest BCUT2D eigenvalue weighted by Crippen LogP contribution is 2.14. The number of hydrogen-bond donors (Lipinski definition) is 1. The molecule has 0 spiro atoms. The Bertz CT molecular complexity index is 442. The van der Waals surface area contributed by atoms with E-state index in [1.807, 2.05) is 0 Å². The molecule has 0 aromatic carbocycles. The number of hydrogen-bond acceptors (Lipinski definition) is 6. The quantitative estimate of drug-likeness (QED) is 0.752. The predicted octanol–water partition coefficient (Wildman–Crippen LogP) is 1.07. The topological polar surface area (TPSA) is 76.7 Å². The molecule has 0 saturated carbocycles. The molecule has 0 radical (unpaired) electrons. The van der Waals surface area contributed by atoms with Crippen LogP contribution in [0.1, 0.15) is 19.2 Å². The van der Waals surface area contributed by atoms with E-state index in [9.17, 15) is 0 Å². The molecule has 2 rings (SSSR count). The van der Waals surface area contributed by atoms with E-state index in [1.54, 1.807) is 12.4 Å². The van der Waals surface area contributed by atoms with Crippen molar-refractivity contribution in [3.05, 3.63) is 24.6 Å². The van der Waals surface area contributed by atoms with E-state index in [0.29, 0.717) is 11.8 Å². The molecule has 0 aliphatic carbocycles. The van der Waals surface area contributed by atoms with Gasteiger partial charge in [0.25, 0.3) is 5.89 Å². The van der Waals surface area contributed by atoms with Gasteiger partial charge in [-0.25, -0.2) is 9.97 Å². The van der Waals surface area contributed by atoms with Crippen LogP contribution in [0.5, 0.6) is 0 Å². The van der Waals surface area contributed by atoms with Crippen molar-refractivity contribution in [1.82, 2.24) is 25.5 Å². The average Bonchev–Trinajstić information content (AvgIpc) is 2.85. The molecule has 90 valence electrons. The maximum absolute atomic E-state index is 5.51. The summed E-state index contributed by atoms with van der Waals surface area (Å²) in [5.74, 6) is 1.10. The van der Waals surface area contributed by atoms with Crippen LogP contribution in [-0.2, 0) is 6.42 Å². The summed E-state index contributed by atoms with van der Waals surface area (Å²) in [5.41, 5.74) is 0.743. The molecule has 6 nitrogen and oxygen atoms in total. The van der Waals surface area contributed by atoms with Gasteiger partial charge >= 0.3 is 0 Å². The van der Waals surface area contributed by atoms with Crippen LogP contribution in [0.15, 0.2) is 23.1 Å². The van der Waals surface area contributed by atoms with Gasteiger partial charge in [0, 0.05) is 25.4 Å². The standard InChI is InChI=1S/C11H15N5O/c1-2-4-12-5-3-10-15-16-11(17-10)9-6-13-8-14-7-9/h6-8,12H,2-5H2,1H3. The molecule has 6 heteroatoms. The van der Waals surface area contributed by atoms with Crippen LogP contribution < -0.4 is 5.32 Å². The van der Waals surface area contributed by atoms with E-state index in [4.69, 9.17) is 4.42 Å². The van der Waals surface area contributed by atoms with Crippen LogP contribution in [-0.4, -0.2) is 33.3 Å². The van der Waals surface area contributed by atoms with Gasteiger partial charge in [-0.2, -0.15) is 0 Å². The Morgan fingerprint density at radius 3 is 2.76 bits per heavy atom. The molecule has 0 unspecified atom stereocenters. The van der Waals surface area contributed by atoms with Crippen LogP contribution >= 0.6 is 0 Å². The maximum atomic E-state index is 5.51. The summed E-state index contributed by atoms with van der Waals surface area (Å²) >= 11 is 0. The van der Waals surface area contributed by atoms with Crippen molar-refractivity contribution >= 4 is 0 Å². The molecule has 0 atom stereocenters. The fourth-order valence-electron chi connectivity index (χ4n) is 1.38. The van der Waals surface area contributed by atoms with Crippen LogP contribution in [0.4, 0.5) is 0 Å². The molecule has 0 bridgehead atoms. The summed E-state index contributed by atoms with van der Waals surface area (Å²) in [7, 11) is 0. The SMILES string of the molecule is CCCNCCc1nnc(-c2cncnc2)o1. The van der Waals surface area contributed by atoms with E-state index in [0.717, 1.165) is 31.5 Å². The van der Waals surface area contributed by atoms with Crippen LogP contribution in [0.25, 0.3) is 11.5 Å². The second kappa shape index (κ2) is 6.05. The maximum Gasteiger partial charge on any atom is 0.250 e. The zero-order valence-electron chi connectivity index (χ0n) is 9.76. The summed E-state index contributed by atoms with van der Waals surface area (Å²) in [4.78, 5) is 7.81. The predicted molar refractivity (Wildman–Crippen MR) is 62.2 cm³/mol. The van der Waals surface area contributed by atoms with Gasteiger partial charge < -0.3 is 9.73 Å². The number of nitrogens with one attached hydrogen (secondary N) is 1.